The van der Waals surface area contributed by atoms with Crippen molar-refractivity contribution in [2.45, 2.75) is 46.1 Å². The molecular formula is C16H26N2O. The summed E-state index contributed by atoms with van der Waals surface area (Å²) in [6, 6.07) is 8.18. The summed E-state index contributed by atoms with van der Waals surface area (Å²) in [7, 11) is 0. The summed E-state index contributed by atoms with van der Waals surface area (Å²) in [6.07, 6.45) is 1.28. The highest BCUT2D eigenvalue weighted by atomic mass is 16.1. The number of rotatable bonds is 6. The van der Waals surface area contributed by atoms with Gasteiger partial charge in [-0.3, -0.25) is 4.79 Å². The van der Waals surface area contributed by atoms with E-state index in [-0.39, 0.29) is 11.4 Å². The fraction of sp³-hybridized carbons (Fsp3) is 0.562. The van der Waals surface area contributed by atoms with Gasteiger partial charge in [0.15, 0.2) is 0 Å². The van der Waals surface area contributed by atoms with Gasteiger partial charge in [-0.2, -0.15) is 0 Å². The molecule has 1 unspecified atom stereocenters. The van der Waals surface area contributed by atoms with Crippen LogP contribution in [-0.4, -0.2) is 18.0 Å². The van der Waals surface area contributed by atoms with E-state index in [1.54, 1.807) is 0 Å². The molecule has 0 aromatic heterocycles. The molecule has 1 atom stereocenters. The Balaban J connectivity index is 2.55. The molecule has 0 aliphatic heterocycles. The Morgan fingerprint density at radius 1 is 1.37 bits per heavy atom. The summed E-state index contributed by atoms with van der Waals surface area (Å²) in [5.41, 5.74) is 7.93. The van der Waals surface area contributed by atoms with Crippen molar-refractivity contribution in [1.82, 2.24) is 5.32 Å². The lowest BCUT2D eigenvalue weighted by Gasteiger charge is -2.33. The Morgan fingerprint density at radius 3 is 2.53 bits per heavy atom. The van der Waals surface area contributed by atoms with Crippen LogP contribution < -0.4 is 11.1 Å². The van der Waals surface area contributed by atoms with Gasteiger partial charge in [0.05, 0.1) is 5.54 Å². The molecule has 0 bridgehead atoms. The average molecular weight is 262 g/mol. The lowest BCUT2D eigenvalue weighted by atomic mass is 9.88. The summed E-state index contributed by atoms with van der Waals surface area (Å²) in [5, 5.41) is 3.07. The molecule has 19 heavy (non-hydrogen) atoms. The maximum Gasteiger partial charge on any atom is 0.220 e. The molecule has 106 valence electrons. The Hall–Kier alpha value is -1.35. The van der Waals surface area contributed by atoms with E-state index in [0.717, 1.165) is 6.42 Å². The maximum atomic E-state index is 12.0. The van der Waals surface area contributed by atoms with E-state index >= 15 is 0 Å². The van der Waals surface area contributed by atoms with Crippen molar-refractivity contribution in [1.29, 1.82) is 0 Å². The minimum absolute atomic E-state index is 0.0740. The maximum absolute atomic E-state index is 12.0. The van der Waals surface area contributed by atoms with Crippen molar-refractivity contribution in [3.05, 3.63) is 35.4 Å². The monoisotopic (exact) mass is 262 g/mol. The Morgan fingerprint density at radius 2 is 2.00 bits per heavy atom. The normalized spacial score (nSPS) is 14.2. The molecule has 0 fully saturated rings. The number of carbonyl (C=O) groups excluding carboxylic acids is 1. The van der Waals surface area contributed by atoms with Gasteiger partial charge < -0.3 is 11.1 Å². The molecule has 0 radical (unpaired) electrons. The minimum Gasteiger partial charge on any atom is -0.349 e. The number of hydrogen-bond donors (Lipinski definition) is 2. The molecule has 1 aromatic rings. The van der Waals surface area contributed by atoms with Crippen LogP contribution in [0.2, 0.25) is 0 Å². The minimum atomic E-state index is -0.317. The quantitative estimate of drug-likeness (QED) is 0.827. The largest absolute Gasteiger partial charge is 0.349 e. The second-order valence-corrected chi connectivity index (χ2v) is 5.75. The zero-order chi connectivity index (χ0) is 14.5. The van der Waals surface area contributed by atoms with Gasteiger partial charge >= 0.3 is 0 Å². The van der Waals surface area contributed by atoms with Gasteiger partial charge in [-0.05, 0) is 37.3 Å². The predicted octanol–water partition coefficient (Wildman–Crippen LogP) is 2.42. The second-order valence-electron chi connectivity index (χ2n) is 5.75. The molecule has 0 saturated carbocycles. The Labute approximate surface area is 116 Å². The zero-order valence-electron chi connectivity index (χ0n) is 12.5. The summed E-state index contributed by atoms with van der Waals surface area (Å²) in [6.45, 7) is 8.69. The molecule has 0 aliphatic carbocycles. The number of carbonyl (C=O) groups is 1. The van der Waals surface area contributed by atoms with E-state index in [0.29, 0.717) is 18.9 Å². The van der Waals surface area contributed by atoms with Gasteiger partial charge in [0.2, 0.25) is 5.91 Å². The van der Waals surface area contributed by atoms with Crippen LogP contribution in [0.5, 0.6) is 0 Å². The zero-order valence-corrected chi connectivity index (χ0v) is 12.5. The first kappa shape index (κ1) is 15.7. The molecular weight excluding hydrogens is 236 g/mol. The highest BCUT2D eigenvalue weighted by Gasteiger charge is 2.28. The first-order valence-corrected chi connectivity index (χ1v) is 6.94. The third kappa shape index (κ3) is 4.35. The van der Waals surface area contributed by atoms with Crippen LogP contribution in [0.1, 0.15) is 38.3 Å². The standard InChI is InChI=1S/C16H26N2O/c1-12(2)16(4,11-17)18-15(19)10-9-14-8-6-5-7-13(14)3/h5-8,12H,9-11,17H2,1-4H3,(H,18,19). The Bertz CT molecular complexity index is 429. The summed E-state index contributed by atoms with van der Waals surface area (Å²) < 4.78 is 0. The van der Waals surface area contributed by atoms with Crippen molar-refractivity contribution in [3.63, 3.8) is 0 Å². The summed E-state index contributed by atoms with van der Waals surface area (Å²) in [5.74, 6) is 0.393. The number of benzene rings is 1. The first-order chi connectivity index (χ1) is 8.89. The molecule has 0 heterocycles. The first-order valence-electron chi connectivity index (χ1n) is 6.94. The molecule has 3 nitrogen and oxygen atoms in total. The van der Waals surface area contributed by atoms with Crippen LogP contribution in [0.3, 0.4) is 0 Å². The lowest BCUT2D eigenvalue weighted by molar-refractivity contribution is -0.123. The van der Waals surface area contributed by atoms with Crippen LogP contribution in [0, 0.1) is 12.8 Å². The van der Waals surface area contributed by atoms with Gasteiger partial charge in [0.1, 0.15) is 0 Å². The van der Waals surface area contributed by atoms with Gasteiger partial charge in [0, 0.05) is 13.0 Å². The number of aryl methyl sites for hydroxylation is 2. The van der Waals surface area contributed by atoms with Crippen LogP contribution in [-0.2, 0) is 11.2 Å². The summed E-state index contributed by atoms with van der Waals surface area (Å²) in [4.78, 5) is 12.0. The molecule has 0 aliphatic rings. The van der Waals surface area contributed by atoms with Gasteiger partial charge in [-0.1, -0.05) is 38.1 Å². The van der Waals surface area contributed by atoms with E-state index in [1.165, 1.54) is 11.1 Å². The van der Waals surface area contributed by atoms with Crippen LogP contribution >= 0.6 is 0 Å². The predicted molar refractivity (Wildman–Crippen MR) is 79.9 cm³/mol. The Kier molecular flexibility index (Phi) is 5.55. The second kappa shape index (κ2) is 6.71. The third-order valence-corrected chi connectivity index (χ3v) is 4.01. The molecule has 0 spiro atoms. The highest BCUT2D eigenvalue weighted by Crippen LogP contribution is 2.15. The van der Waals surface area contributed by atoms with Gasteiger partial charge in [-0.25, -0.2) is 0 Å². The topological polar surface area (TPSA) is 55.1 Å². The number of nitrogens with one attached hydrogen (secondary N) is 1. The fourth-order valence-corrected chi connectivity index (χ4v) is 1.95. The third-order valence-electron chi connectivity index (χ3n) is 4.01. The summed E-state index contributed by atoms with van der Waals surface area (Å²) >= 11 is 0. The molecule has 1 rings (SSSR count). The number of hydrogen-bond acceptors (Lipinski definition) is 2. The van der Waals surface area contributed by atoms with E-state index in [2.05, 4.69) is 38.2 Å². The van der Waals surface area contributed by atoms with E-state index in [4.69, 9.17) is 5.73 Å². The fourth-order valence-electron chi connectivity index (χ4n) is 1.95. The van der Waals surface area contributed by atoms with Crippen molar-refractivity contribution < 1.29 is 4.79 Å². The molecule has 3 heteroatoms. The SMILES string of the molecule is Cc1ccccc1CCC(=O)NC(C)(CN)C(C)C. The van der Waals surface area contributed by atoms with E-state index in [9.17, 15) is 4.79 Å². The van der Waals surface area contributed by atoms with Crippen LogP contribution in [0.15, 0.2) is 24.3 Å². The van der Waals surface area contributed by atoms with Crippen molar-refractivity contribution in [3.8, 4) is 0 Å². The van der Waals surface area contributed by atoms with Crippen LogP contribution in [0.4, 0.5) is 0 Å². The van der Waals surface area contributed by atoms with Gasteiger partial charge in [-0.15, -0.1) is 0 Å². The van der Waals surface area contributed by atoms with Crippen molar-refractivity contribution >= 4 is 5.91 Å². The smallest absolute Gasteiger partial charge is 0.220 e. The highest BCUT2D eigenvalue weighted by molar-refractivity contribution is 5.77. The lowest BCUT2D eigenvalue weighted by Crippen LogP contribution is -2.55. The van der Waals surface area contributed by atoms with Crippen LogP contribution in [0.25, 0.3) is 0 Å². The van der Waals surface area contributed by atoms with Crippen molar-refractivity contribution in [2.24, 2.45) is 11.7 Å². The van der Waals surface area contributed by atoms with Crippen molar-refractivity contribution in [2.75, 3.05) is 6.54 Å². The molecule has 1 aromatic carbocycles. The van der Waals surface area contributed by atoms with E-state index < -0.39 is 0 Å². The number of amides is 1. The van der Waals surface area contributed by atoms with Gasteiger partial charge in [0.25, 0.3) is 0 Å². The number of nitrogens with two attached hydrogens (primary N) is 1. The average Bonchev–Trinajstić information content (AvgIpc) is 2.37. The molecule has 1 amide bonds. The molecule has 0 saturated heterocycles. The van der Waals surface area contributed by atoms with E-state index in [1.807, 2.05) is 19.1 Å². The molecule has 3 N–H and O–H groups in total.